The topological polar surface area (TPSA) is 87.7 Å². The minimum Gasteiger partial charge on any atom is -0.395 e. The van der Waals surface area contributed by atoms with E-state index in [0.717, 1.165) is 12.8 Å². The number of nitrogens with one attached hydrogen (secondary N) is 2. The summed E-state index contributed by atoms with van der Waals surface area (Å²) in [6.07, 6.45) is 18.2. The van der Waals surface area contributed by atoms with Gasteiger partial charge in [0, 0.05) is 19.5 Å². The van der Waals surface area contributed by atoms with Gasteiger partial charge in [0.2, 0.25) is 11.8 Å². The van der Waals surface area contributed by atoms with E-state index in [-0.39, 0.29) is 31.1 Å². The number of unbranched alkanes of at least 4 members (excludes halogenated alkanes) is 12. The van der Waals surface area contributed by atoms with Crippen molar-refractivity contribution >= 4 is 11.8 Å². The molecule has 33 heavy (non-hydrogen) atoms. The van der Waals surface area contributed by atoms with Crippen LogP contribution in [0.25, 0.3) is 0 Å². The molecule has 0 aromatic heterocycles. The van der Waals surface area contributed by atoms with Crippen molar-refractivity contribution < 1.29 is 19.4 Å². The maximum atomic E-state index is 12.3. The van der Waals surface area contributed by atoms with E-state index < -0.39 is 5.41 Å². The van der Waals surface area contributed by atoms with Crippen LogP contribution in [0.2, 0.25) is 0 Å². The number of carbonyl (C=O) groups is 2. The Kier molecular flexibility index (Phi) is 20.7. The molecular formula is C27H54N2O4. The van der Waals surface area contributed by atoms with Crippen LogP contribution in [0.1, 0.15) is 124 Å². The first kappa shape index (κ1) is 31.9. The zero-order chi connectivity index (χ0) is 24.8. The van der Waals surface area contributed by atoms with Crippen LogP contribution in [0.5, 0.6) is 0 Å². The molecule has 0 saturated heterocycles. The Hall–Kier alpha value is -1.14. The van der Waals surface area contributed by atoms with Crippen LogP contribution in [0, 0.1) is 5.41 Å². The maximum absolute atomic E-state index is 12.3. The molecule has 0 radical (unpaired) electrons. The predicted molar refractivity (Wildman–Crippen MR) is 137 cm³/mol. The third-order valence-electron chi connectivity index (χ3n) is 6.10. The van der Waals surface area contributed by atoms with E-state index in [2.05, 4.69) is 17.6 Å². The van der Waals surface area contributed by atoms with Crippen LogP contribution in [0.4, 0.5) is 0 Å². The molecule has 0 bridgehead atoms. The highest BCUT2D eigenvalue weighted by molar-refractivity contribution is 5.82. The highest BCUT2D eigenvalue weighted by Gasteiger charge is 2.33. The number of hydrogen-bond donors (Lipinski definition) is 3. The Morgan fingerprint density at radius 2 is 1.27 bits per heavy atom. The van der Waals surface area contributed by atoms with Crippen molar-refractivity contribution in [2.24, 2.45) is 5.41 Å². The van der Waals surface area contributed by atoms with Crippen LogP contribution in [0.15, 0.2) is 0 Å². The molecular weight excluding hydrogens is 416 g/mol. The SMILES string of the molecule is CCCCCCCCCCCCCCCC(=O)NCCCNC(=O)C(C)(CO)COC(C)C. The average molecular weight is 471 g/mol. The Morgan fingerprint density at radius 3 is 1.76 bits per heavy atom. The maximum Gasteiger partial charge on any atom is 0.230 e. The van der Waals surface area contributed by atoms with Crippen molar-refractivity contribution in [3.63, 3.8) is 0 Å². The summed E-state index contributed by atoms with van der Waals surface area (Å²) in [5.74, 6) is -0.126. The quantitative estimate of drug-likeness (QED) is 0.172. The predicted octanol–water partition coefficient (Wildman–Crippen LogP) is 5.51. The molecule has 0 aromatic carbocycles. The van der Waals surface area contributed by atoms with E-state index >= 15 is 0 Å². The molecule has 0 aromatic rings. The number of carbonyl (C=O) groups excluding carboxylic acids is 2. The summed E-state index contributed by atoms with van der Waals surface area (Å²) in [4.78, 5) is 24.3. The van der Waals surface area contributed by atoms with Gasteiger partial charge in [0.05, 0.1) is 24.7 Å². The average Bonchev–Trinajstić information content (AvgIpc) is 2.80. The lowest BCUT2D eigenvalue weighted by Gasteiger charge is -2.26. The molecule has 0 aliphatic carbocycles. The summed E-state index contributed by atoms with van der Waals surface area (Å²) in [6, 6.07) is 0. The number of hydrogen-bond acceptors (Lipinski definition) is 4. The lowest BCUT2D eigenvalue weighted by molar-refractivity contribution is -0.137. The fourth-order valence-electron chi connectivity index (χ4n) is 3.66. The number of aliphatic hydroxyl groups is 1. The second-order valence-electron chi connectivity index (χ2n) is 10.0. The molecule has 1 atom stereocenters. The Balaban J connectivity index is 3.55. The highest BCUT2D eigenvalue weighted by atomic mass is 16.5. The number of rotatable bonds is 23. The second-order valence-corrected chi connectivity index (χ2v) is 10.0. The first-order valence-electron chi connectivity index (χ1n) is 13.6. The van der Waals surface area contributed by atoms with Crippen molar-refractivity contribution in [1.82, 2.24) is 10.6 Å². The molecule has 0 aliphatic heterocycles. The molecule has 6 nitrogen and oxygen atoms in total. The van der Waals surface area contributed by atoms with Crippen molar-refractivity contribution in [3.05, 3.63) is 0 Å². The third-order valence-corrected chi connectivity index (χ3v) is 6.10. The Labute approximate surface area is 204 Å². The van der Waals surface area contributed by atoms with Gasteiger partial charge in [-0.25, -0.2) is 0 Å². The first-order valence-corrected chi connectivity index (χ1v) is 13.6. The zero-order valence-corrected chi connectivity index (χ0v) is 22.2. The fourth-order valence-corrected chi connectivity index (χ4v) is 3.66. The molecule has 0 rings (SSSR count). The molecule has 0 saturated carbocycles. The van der Waals surface area contributed by atoms with E-state index in [1.807, 2.05) is 13.8 Å². The van der Waals surface area contributed by atoms with E-state index in [4.69, 9.17) is 4.74 Å². The smallest absolute Gasteiger partial charge is 0.230 e. The van der Waals surface area contributed by atoms with Gasteiger partial charge in [-0.05, 0) is 33.6 Å². The summed E-state index contributed by atoms with van der Waals surface area (Å²) < 4.78 is 5.50. The van der Waals surface area contributed by atoms with Gasteiger partial charge in [0.15, 0.2) is 0 Å². The molecule has 196 valence electrons. The number of ether oxygens (including phenoxy) is 1. The first-order chi connectivity index (χ1) is 15.9. The van der Waals surface area contributed by atoms with Gasteiger partial charge in [-0.2, -0.15) is 0 Å². The van der Waals surface area contributed by atoms with Gasteiger partial charge in [0.25, 0.3) is 0 Å². The van der Waals surface area contributed by atoms with Gasteiger partial charge in [-0.1, -0.05) is 84.0 Å². The monoisotopic (exact) mass is 470 g/mol. The van der Waals surface area contributed by atoms with Gasteiger partial charge in [-0.15, -0.1) is 0 Å². The Morgan fingerprint density at radius 1 is 0.788 bits per heavy atom. The summed E-state index contributed by atoms with van der Waals surface area (Å²) in [7, 11) is 0. The van der Waals surface area contributed by atoms with Gasteiger partial charge in [0.1, 0.15) is 0 Å². The van der Waals surface area contributed by atoms with Gasteiger partial charge in [-0.3, -0.25) is 9.59 Å². The molecule has 2 amide bonds. The minimum absolute atomic E-state index is 0.00814. The molecule has 0 aliphatic rings. The third kappa shape index (κ3) is 18.9. The van der Waals surface area contributed by atoms with Crippen molar-refractivity contribution in [2.75, 3.05) is 26.3 Å². The van der Waals surface area contributed by atoms with Gasteiger partial charge < -0.3 is 20.5 Å². The lowest BCUT2D eigenvalue weighted by atomic mass is 9.91. The summed E-state index contributed by atoms with van der Waals surface area (Å²) in [6.45, 7) is 8.70. The second kappa shape index (κ2) is 21.4. The fraction of sp³-hybridized carbons (Fsp3) is 0.926. The highest BCUT2D eigenvalue weighted by Crippen LogP contribution is 2.17. The molecule has 6 heteroatoms. The van der Waals surface area contributed by atoms with Crippen LogP contribution >= 0.6 is 0 Å². The summed E-state index contributed by atoms with van der Waals surface area (Å²) >= 11 is 0. The molecule has 1 unspecified atom stereocenters. The van der Waals surface area contributed by atoms with E-state index in [1.54, 1.807) is 6.92 Å². The zero-order valence-electron chi connectivity index (χ0n) is 22.2. The molecule has 0 heterocycles. The lowest BCUT2D eigenvalue weighted by Crippen LogP contribution is -2.45. The number of amides is 2. The van der Waals surface area contributed by atoms with Gasteiger partial charge >= 0.3 is 0 Å². The van der Waals surface area contributed by atoms with Crippen LogP contribution in [0.3, 0.4) is 0 Å². The molecule has 3 N–H and O–H groups in total. The van der Waals surface area contributed by atoms with Crippen molar-refractivity contribution in [3.8, 4) is 0 Å². The van der Waals surface area contributed by atoms with Crippen LogP contribution in [-0.2, 0) is 14.3 Å². The molecule has 0 fully saturated rings. The summed E-state index contributed by atoms with van der Waals surface area (Å²) in [5, 5.41) is 15.3. The van der Waals surface area contributed by atoms with E-state index in [1.165, 1.54) is 70.6 Å². The summed E-state index contributed by atoms with van der Waals surface area (Å²) in [5.41, 5.74) is -0.943. The van der Waals surface area contributed by atoms with Crippen molar-refractivity contribution in [2.45, 2.75) is 130 Å². The van der Waals surface area contributed by atoms with E-state index in [0.29, 0.717) is 25.9 Å². The standard InChI is InChI=1S/C27H54N2O4/c1-5-6-7-8-9-10-11-12-13-14-15-16-17-19-25(31)28-20-18-21-29-26(32)27(4,22-30)23-33-24(2)3/h24,30H,5-23H2,1-4H3,(H,28,31)(H,29,32). The largest absolute Gasteiger partial charge is 0.395 e. The Bertz CT molecular complexity index is 485. The minimum atomic E-state index is -0.943. The van der Waals surface area contributed by atoms with Crippen LogP contribution < -0.4 is 10.6 Å². The van der Waals surface area contributed by atoms with Crippen LogP contribution in [-0.4, -0.2) is 49.3 Å². The van der Waals surface area contributed by atoms with E-state index in [9.17, 15) is 14.7 Å². The van der Waals surface area contributed by atoms with Crippen molar-refractivity contribution in [1.29, 1.82) is 0 Å². The normalized spacial score (nSPS) is 13.2. The molecule has 0 spiro atoms. The number of aliphatic hydroxyl groups excluding tert-OH is 1.